The number of ketones is 1. The first kappa shape index (κ1) is 25.0. The molecular formula is C19H25Cl2N3O3. The summed E-state index contributed by atoms with van der Waals surface area (Å²) in [4.78, 5) is 12.2. The summed E-state index contributed by atoms with van der Waals surface area (Å²) in [5.74, 6) is 0.486. The molecule has 148 valence electrons. The van der Waals surface area contributed by atoms with Crippen LogP contribution in [0.25, 0.3) is 0 Å². The number of ether oxygens (including phenoxy) is 1. The molecule has 2 heterocycles. The van der Waals surface area contributed by atoms with Crippen molar-refractivity contribution in [2.45, 2.75) is 40.2 Å². The Morgan fingerprint density at radius 2 is 1.96 bits per heavy atom. The normalized spacial score (nSPS) is 10.5. The predicted octanol–water partition coefficient (Wildman–Crippen LogP) is -3.87. The van der Waals surface area contributed by atoms with Gasteiger partial charge in [-0.15, -0.1) is 5.16 Å². The van der Waals surface area contributed by atoms with Gasteiger partial charge in [0.15, 0.2) is 30.1 Å². The molecular weight excluding hydrogens is 389 g/mol. The van der Waals surface area contributed by atoms with E-state index in [9.17, 15) is 4.79 Å². The van der Waals surface area contributed by atoms with Crippen molar-refractivity contribution >= 4 is 12.0 Å². The van der Waals surface area contributed by atoms with Gasteiger partial charge < -0.3 is 30.0 Å². The minimum atomic E-state index is 0. The van der Waals surface area contributed by atoms with Crippen LogP contribution < -0.4 is 33.9 Å². The van der Waals surface area contributed by atoms with E-state index in [-0.39, 0.29) is 30.6 Å². The number of rotatable bonds is 9. The standard InChI is InChI=1S/C19H24N3O3.2ClH/c1-16(2)12-19(23)17-6-5-10-21(13-17)14-25-15-22-11-4-3-7-18(22)8-9-20-24;;/h3-7,9-11,13,16H,8,12,14-15H2,1-2H3;2*1H/q+1;;/p-1/b20-9+;;. The SMILES string of the molecule is CC(C)CC(=O)c1ccc[n+](COC[n+]2ccccc2C/C=N/O)c1.[Cl-].[Cl-]. The van der Waals surface area contributed by atoms with Crippen LogP contribution in [-0.2, 0) is 24.6 Å². The molecule has 0 radical (unpaired) electrons. The number of hydrogen-bond acceptors (Lipinski definition) is 4. The van der Waals surface area contributed by atoms with E-state index in [1.807, 2.05) is 71.9 Å². The van der Waals surface area contributed by atoms with Gasteiger partial charge in [0.25, 0.3) is 13.5 Å². The molecule has 0 spiro atoms. The number of aromatic nitrogens is 2. The fraction of sp³-hybridized carbons (Fsp3) is 0.368. The van der Waals surface area contributed by atoms with E-state index >= 15 is 0 Å². The number of carbonyl (C=O) groups is 1. The zero-order valence-corrected chi connectivity index (χ0v) is 17.0. The van der Waals surface area contributed by atoms with Gasteiger partial charge in [-0.3, -0.25) is 9.53 Å². The summed E-state index contributed by atoms with van der Waals surface area (Å²) in [6.45, 7) is 4.78. The fourth-order valence-electron chi connectivity index (χ4n) is 2.46. The van der Waals surface area contributed by atoms with Gasteiger partial charge in [-0.1, -0.05) is 19.9 Å². The number of oxime groups is 1. The highest BCUT2D eigenvalue weighted by Crippen LogP contribution is 2.07. The monoisotopic (exact) mass is 413 g/mol. The van der Waals surface area contributed by atoms with E-state index in [1.165, 1.54) is 6.21 Å². The Kier molecular flexibility index (Phi) is 12.2. The van der Waals surface area contributed by atoms with Gasteiger partial charge in [0, 0.05) is 24.6 Å². The Balaban J connectivity index is 0.00000338. The Bertz CT molecular complexity index is 740. The van der Waals surface area contributed by atoms with Crippen LogP contribution in [0.3, 0.4) is 0 Å². The molecule has 0 saturated heterocycles. The van der Waals surface area contributed by atoms with Gasteiger partial charge in [-0.05, 0) is 12.0 Å². The van der Waals surface area contributed by atoms with Gasteiger partial charge in [0.05, 0.1) is 18.2 Å². The average Bonchev–Trinajstić information content (AvgIpc) is 2.60. The Labute approximate surface area is 172 Å². The van der Waals surface area contributed by atoms with Crippen LogP contribution in [0.4, 0.5) is 0 Å². The third-order valence-electron chi connectivity index (χ3n) is 3.66. The molecule has 0 aliphatic carbocycles. The van der Waals surface area contributed by atoms with E-state index < -0.39 is 0 Å². The molecule has 0 saturated carbocycles. The van der Waals surface area contributed by atoms with E-state index in [1.54, 1.807) is 0 Å². The summed E-state index contributed by atoms with van der Waals surface area (Å²) in [6.07, 6.45) is 8.10. The van der Waals surface area contributed by atoms with Crippen molar-refractivity contribution < 1.29 is 48.7 Å². The molecule has 0 amide bonds. The van der Waals surface area contributed by atoms with E-state index in [4.69, 9.17) is 9.94 Å². The first-order valence-corrected chi connectivity index (χ1v) is 8.33. The van der Waals surface area contributed by atoms with Gasteiger partial charge in [0.1, 0.15) is 0 Å². The first-order chi connectivity index (χ1) is 12.1. The van der Waals surface area contributed by atoms with E-state index in [2.05, 4.69) is 5.16 Å². The third-order valence-corrected chi connectivity index (χ3v) is 3.66. The van der Waals surface area contributed by atoms with E-state index in [0.717, 1.165) is 5.69 Å². The maximum Gasteiger partial charge on any atom is 0.258 e. The predicted molar refractivity (Wildman–Crippen MR) is 92.1 cm³/mol. The molecule has 1 N–H and O–H groups in total. The van der Waals surface area contributed by atoms with Crippen LogP contribution in [0.5, 0.6) is 0 Å². The molecule has 6 nitrogen and oxygen atoms in total. The van der Waals surface area contributed by atoms with Crippen molar-refractivity contribution in [1.29, 1.82) is 0 Å². The zero-order valence-electron chi connectivity index (χ0n) is 15.5. The minimum Gasteiger partial charge on any atom is -1.00 e. The molecule has 0 aromatic carbocycles. The van der Waals surface area contributed by atoms with Crippen LogP contribution in [0.15, 0.2) is 54.1 Å². The number of carbonyl (C=O) groups excluding carboxylic acids is 1. The topological polar surface area (TPSA) is 66.7 Å². The van der Waals surface area contributed by atoms with Gasteiger partial charge in [0.2, 0.25) is 0 Å². The summed E-state index contributed by atoms with van der Waals surface area (Å²) in [7, 11) is 0. The minimum absolute atomic E-state index is 0. The molecule has 0 aliphatic rings. The lowest BCUT2D eigenvalue weighted by atomic mass is 10.0. The second-order valence-electron chi connectivity index (χ2n) is 6.25. The van der Waals surface area contributed by atoms with Crippen LogP contribution in [0.2, 0.25) is 0 Å². The van der Waals surface area contributed by atoms with Crippen LogP contribution >= 0.6 is 0 Å². The molecule has 2 aromatic heterocycles. The van der Waals surface area contributed by atoms with Crippen molar-refractivity contribution in [3.05, 3.63) is 60.2 Å². The van der Waals surface area contributed by atoms with Crippen LogP contribution in [0, 0.1) is 5.92 Å². The molecule has 8 heteroatoms. The fourth-order valence-corrected chi connectivity index (χ4v) is 2.46. The highest BCUT2D eigenvalue weighted by atomic mass is 35.5. The van der Waals surface area contributed by atoms with Crippen molar-refractivity contribution in [1.82, 2.24) is 0 Å². The van der Waals surface area contributed by atoms with Crippen molar-refractivity contribution in [3.8, 4) is 0 Å². The number of nitrogens with zero attached hydrogens (tertiary/aromatic N) is 3. The summed E-state index contributed by atoms with van der Waals surface area (Å²) in [5.41, 5.74) is 1.68. The average molecular weight is 414 g/mol. The highest BCUT2D eigenvalue weighted by Gasteiger charge is 2.13. The number of Topliss-reactive ketones (excluding diaryl/α,β-unsaturated/α-hetero) is 1. The second kappa shape index (κ2) is 13.2. The van der Waals surface area contributed by atoms with Crippen molar-refractivity contribution in [3.63, 3.8) is 0 Å². The molecule has 0 bridgehead atoms. The first-order valence-electron chi connectivity index (χ1n) is 8.33. The number of hydrogen-bond donors (Lipinski definition) is 1. The summed E-state index contributed by atoms with van der Waals surface area (Å²) in [5, 5.41) is 11.6. The maximum absolute atomic E-state index is 12.2. The van der Waals surface area contributed by atoms with Gasteiger partial charge in [-0.2, -0.15) is 9.13 Å². The molecule has 0 unspecified atom stereocenters. The van der Waals surface area contributed by atoms with Gasteiger partial charge >= 0.3 is 0 Å². The smallest absolute Gasteiger partial charge is 0.258 e. The summed E-state index contributed by atoms with van der Waals surface area (Å²) >= 11 is 0. The number of pyridine rings is 2. The molecule has 27 heavy (non-hydrogen) atoms. The van der Waals surface area contributed by atoms with Crippen LogP contribution in [0.1, 0.15) is 36.3 Å². The molecule has 2 rings (SSSR count). The quantitative estimate of drug-likeness (QED) is 0.150. The zero-order chi connectivity index (χ0) is 18.1. The molecule has 0 fully saturated rings. The van der Waals surface area contributed by atoms with Gasteiger partial charge in [-0.25, -0.2) is 0 Å². The highest BCUT2D eigenvalue weighted by molar-refractivity contribution is 5.95. The Morgan fingerprint density at radius 1 is 1.19 bits per heavy atom. The van der Waals surface area contributed by atoms with Crippen molar-refractivity contribution in [2.75, 3.05) is 0 Å². The maximum atomic E-state index is 12.2. The largest absolute Gasteiger partial charge is 1.00 e. The lowest BCUT2D eigenvalue weighted by Crippen LogP contribution is -3.00. The molecule has 2 aromatic rings. The summed E-state index contributed by atoms with van der Waals surface area (Å²) < 4.78 is 9.54. The molecule has 0 atom stereocenters. The number of halogens is 2. The lowest BCUT2D eigenvalue weighted by molar-refractivity contribution is -0.791. The summed E-state index contributed by atoms with van der Waals surface area (Å²) in [6, 6.07) is 9.48. The van der Waals surface area contributed by atoms with Crippen LogP contribution in [-0.4, -0.2) is 17.2 Å². The molecule has 0 aliphatic heterocycles. The van der Waals surface area contributed by atoms with E-state index in [0.29, 0.717) is 37.8 Å². The second-order valence-corrected chi connectivity index (χ2v) is 6.25. The lowest BCUT2D eigenvalue weighted by Gasteiger charge is -2.04. The van der Waals surface area contributed by atoms with Crippen molar-refractivity contribution in [2.24, 2.45) is 11.1 Å². The third kappa shape index (κ3) is 8.47. The Hall–Kier alpha value is -2.02. The Morgan fingerprint density at radius 3 is 2.67 bits per heavy atom.